The second-order valence-corrected chi connectivity index (χ2v) is 3.49. The van der Waals surface area contributed by atoms with Crippen LogP contribution in [-0.2, 0) is 6.42 Å². The van der Waals surface area contributed by atoms with Gasteiger partial charge in [-0.1, -0.05) is 56.0 Å². The van der Waals surface area contributed by atoms with Gasteiger partial charge in [-0.15, -0.1) is 0 Å². The summed E-state index contributed by atoms with van der Waals surface area (Å²) >= 11 is 0. The second kappa shape index (κ2) is 3.30. The summed E-state index contributed by atoms with van der Waals surface area (Å²) in [5, 5.41) is 0. The first-order valence-corrected chi connectivity index (χ1v) is 4.61. The van der Waals surface area contributed by atoms with Crippen molar-refractivity contribution in [2.24, 2.45) is 0 Å². The van der Waals surface area contributed by atoms with Gasteiger partial charge in [0.05, 0.1) is 0 Å². The maximum atomic E-state index is 2.22. The summed E-state index contributed by atoms with van der Waals surface area (Å²) in [6, 6.07) is 17.3. The third kappa shape index (κ3) is 1.15. The molecule has 0 unspecified atom stereocenters. The number of hydrogen-bond acceptors (Lipinski definition) is 0. The Morgan fingerprint density at radius 2 is 1.07 bits per heavy atom. The Balaban J connectivity index is 0.000000750. The van der Waals surface area contributed by atoms with Crippen LogP contribution in [0.2, 0.25) is 0 Å². The molecule has 0 radical (unpaired) electrons. The molecule has 0 fully saturated rings. The van der Waals surface area contributed by atoms with Crippen molar-refractivity contribution >= 4 is 0 Å². The molecule has 0 atom stereocenters. The topological polar surface area (TPSA) is 0 Å². The zero-order chi connectivity index (χ0) is 8.67. The first-order valence-electron chi connectivity index (χ1n) is 4.61. The fraction of sp³-hybridized carbons (Fsp3) is 0.143. The molecule has 0 saturated carbocycles. The van der Waals surface area contributed by atoms with Crippen molar-refractivity contribution in [3.8, 4) is 11.1 Å². The normalized spacial score (nSPS) is 11.4. The average molecular weight is 182 g/mol. The van der Waals surface area contributed by atoms with Crippen LogP contribution in [0.15, 0.2) is 48.5 Å². The molecule has 70 valence electrons. The van der Waals surface area contributed by atoms with Crippen LogP contribution in [-0.4, -0.2) is 0 Å². The standard InChI is InChI=1S/C13H10.CH4/c1-3-7-12-10(5-1)9-11-6-2-4-8-13(11)12;/h1-8H,9H2;1H4. The lowest BCUT2D eigenvalue weighted by molar-refractivity contribution is 1.26. The van der Waals surface area contributed by atoms with Gasteiger partial charge in [-0.2, -0.15) is 0 Å². The van der Waals surface area contributed by atoms with Crippen LogP contribution in [0.25, 0.3) is 11.1 Å². The van der Waals surface area contributed by atoms with E-state index in [1.54, 1.807) is 0 Å². The van der Waals surface area contributed by atoms with Crippen molar-refractivity contribution in [2.45, 2.75) is 13.8 Å². The van der Waals surface area contributed by atoms with Gasteiger partial charge in [0.1, 0.15) is 0 Å². The van der Waals surface area contributed by atoms with E-state index in [1.807, 2.05) is 0 Å². The van der Waals surface area contributed by atoms with Crippen LogP contribution in [0.1, 0.15) is 18.6 Å². The SMILES string of the molecule is C.c1ccc2c(c1)Cc1ccccc1-2. The molecule has 0 aromatic heterocycles. The van der Waals surface area contributed by atoms with Gasteiger partial charge in [0.25, 0.3) is 0 Å². The Bertz CT molecular complexity index is 412. The van der Waals surface area contributed by atoms with Crippen molar-refractivity contribution in [3.05, 3.63) is 59.7 Å². The molecule has 1 aliphatic carbocycles. The zero-order valence-corrected chi connectivity index (χ0v) is 7.33. The Kier molecular flexibility index (Phi) is 2.12. The van der Waals surface area contributed by atoms with Crippen LogP contribution >= 0.6 is 0 Å². The first-order chi connectivity index (χ1) is 6.45. The van der Waals surface area contributed by atoms with Gasteiger partial charge in [0.15, 0.2) is 0 Å². The van der Waals surface area contributed by atoms with Crippen molar-refractivity contribution in [1.29, 1.82) is 0 Å². The van der Waals surface area contributed by atoms with E-state index < -0.39 is 0 Å². The monoisotopic (exact) mass is 182 g/mol. The number of rotatable bonds is 0. The molecule has 0 N–H and O–H groups in total. The van der Waals surface area contributed by atoms with E-state index in [2.05, 4.69) is 48.5 Å². The smallest absolute Gasteiger partial charge is 0.00135 e. The second-order valence-electron chi connectivity index (χ2n) is 3.49. The molecule has 0 heterocycles. The summed E-state index contributed by atoms with van der Waals surface area (Å²) < 4.78 is 0. The van der Waals surface area contributed by atoms with Crippen LogP contribution in [0.3, 0.4) is 0 Å². The third-order valence-electron chi connectivity index (χ3n) is 2.71. The van der Waals surface area contributed by atoms with E-state index in [-0.39, 0.29) is 7.43 Å². The van der Waals surface area contributed by atoms with Gasteiger partial charge in [-0.05, 0) is 28.7 Å². The highest BCUT2D eigenvalue weighted by Gasteiger charge is 2.15. The predicted octanol–water partition coefficient (Wildman–Crippen LogP) is 3.89. The molecule has 2 aromatic rings. The van der Waals surface area contributed by atoms with E-state index in [0.717, 1.165) is 6.42 Å². The summed E-state index contributed by atoms with van der Waals surface area (Å²) in [5.41, 5.74) is 5.75. The molecule has 0 bridgehead atoms. The van der Waals surface area contributed by atoms with Gasteiger partial charge in [0.2, 0.25) is 0 Å². The number of hydrogen-bond donors (Lipinski definition) is 0. The third-order valence-corrected chi connectivity index (χ3v) is 2.71. The molecule has 0 heteroatoms. The van der Waals surface area contributed by atoms with E-state index in [1.165, 1.54) is 22.3 Å². The summed E-state index contributed by atoms with van der Waals surface area (Å²) in [6.45, 7) is 0. The molecule has 3 rings (SSSR count). The molecule has 1 aliphatic rings. The minimum absolute atomic E-state index is 0. The molecule has 0 amide bonds. The summed E-state index contributed by atoms with van der Waals surface area (Å²) in [5.74, 6) is 0. The molecule has 0 aliphatic heterocycles. The average Bonchev–Trinajstić information content (AvgIpc) is 2.56. The van der Waals surface area contributed by atoms with Crippen molar-refractivity contribution in [2.75, 3.05) is 0 Å². The minimum atomic E-state index is 0. The van der Waals surface area contributed by atoms with Crippen molar-refractivity contribution in [1.82, 2.24) is 0 Å². The first kappa shape index (κ1) is 9.01. The van der Waals surface area contributed by atoms with Crippen LogP contribution in [0, 0.1) is 0 Å². The quantitative estimate of drug-likeness (QED) is 0.494. The molecule has 0 spiro atoms. The summed E-state index contributed by atoms with van der Waals surface area (Å²) in [4.78, 5) is 0. The lowest BCUT2D eigenvalue weighted by Gasteiger charge is -1.98. The van der Waals surface area contributed by atoms with Gasteiger partial charge in [0, 0.05) is 0 Å². The van der Waals surface area contributed by atoms with Crippen molar-refractivity contribution < 1.29 is 0 Å². The largest absolute Gasteiger partial charge is 0.0776 e. The van der Waals surface area contributed by atoms with E-state index in [4.69, 9.17) is 0 Å². The fourth-order valence-corrected chi connectivity index (χ4v) is 2.08. The number of fused-ring (bicyclic) bond motifs is 3. The van der Waals surface area contributed by atoms with Gasteiger partial charge in [-0.3, -0.25) is 0 Å². The molecule has 0 saturated heterocycles. The zero-order valence-electron chi connectivity index (χ0n) is 7.33. The highest BCUT2D eigenvalue weighted by molar-refractivity contribution is 5.76. The van der Waals surface area contributed by atoms with E-state index in [0.29, 0.717) is 0 Å². The van der Waals surface area contributed by atoms with Crippen LogP contribution in [0.5, 0.6) is 0 Å². The highest BCUT2D eigenvalue weighted by atomic mass is 14.2. The lowest BCUT2D eigenvalue weighted by Crippen LogP contribution is -1.77. The van der Waals surface area contributed by atoms with Crippen LogP contribution < -0.4 is 0 Å². The summed E-state index contributed by atoms with van der Waals surface area (Å²) in [7, 11) is 0. The summed E-state index contributed by atoms with van der Waals surface area (Å²) in [6.07, 6.45) is 1.10. The Hall–Kier alpha value is -1.56. The van der Waals surface area contributed by atoms with Gasteiger partial charge < -0.3 is 0 Å². The maximum absolute atomic E-state index is 2.22. The van der Waals surface area contributed by atoms with Gasteiger partial charge in [-0.25, -0.2) is 0 Å². The number of benzene rings is 2. The highest BCUT2D eigenvalue weighted by Crippen LogP contribution is 2.35. The molecule has 14 heavy (non-hydrogen) atoms. The fourth-order valence-electron chi connectivity index (χ4n) is 2.08. The molecular formula is C14H14. The van der Waals surface area contributed by atoms with E-state index >= 15 is 0 Å². The maximum Gasteiger partial charge on any atom is -0.00135 e. The molecule has 2 aromatic carbocycles. The molecule has 0 nitrogen and oxygen atoms in total. The van der Waals surface area contributed by atoms with Crippen molar-refractivity contribution in [3.63, 3.8) is 0 Å². The van der Waals surface area contributed by atoms with Gasteiger partial charge >= 0.3 is 0 Å². The lowest BCUT2D eigenvalue weighted by atomic mass is 10.1. The Morgan fingerprint density at radius 3 is 1.57 bits per heavy atom. The van der Waals surface area contributed by atoms with E-state index in [9.17, 15) is 0 Å². The predicted molar refractivity (Wildman–Crippen MR) is 61.4 cm³/mol. The Morgan fingerprint density at radius 1 is 0.643 bits per heavy atom. The minimum Gasteiger partial charge on any atom is -0.0776 e. The Labute approximate surface area is 85.2 Å². The molecular weight excluding hydrogens is 168 g/mol. The van der Waals surface area contributed by atoms with Crippen LogP contribution in [0.4, 0.5) is 0 Å².